The van der Waals surface area contributed by atoms with Crippen molar-refractivity contribution in [1.82, 2.24) is 14.5 Å². The van der Waals surface area contributed by atoms with Crippen LogP contribution in [0.15, 0.2) is 47.3 Å². The minimum absolute atomic E-state index is 0.0258. The fourth-order valence-electron chi connectivity index (χ4n) is 4.16. The van der Waals surface area contributed by atoms with E-state index in [0.29, 0.717) is 42.6 Å². The van der Waals surface area contributed by atoms with Gasteiger partial charge in [-0.15, -0.1) is 0 Å². The van der Waals surface area contributed by atoms with Crippen LogP contribution in [0, 0.1) is 4.77 Å². The molecule has 0 bridgehead atoms. The molecule has 0 atom stereocenters. The average Bonchev–Trinajstić information content (AvgIpc) is 2.87. The van der Waals surface area contributed by atoms with Gasteiger partial charge in [-0.2, -0.15) is 0 Å². The van der Waals surface area contributed by atoms with Crippen LogP contribution >= 0.6 is 12.2 Å². The van der Waals surface area contributed by atoms with Gasteiger partial charge in [0.25, 0.3) is 5.56 Å². The lowest BCUT2D eigenvalue weighted by Gasteiger charge is -2.36. The number of nitrogens with zero attached hydrogens (tertiary/aromatic N) is 3. The van der Waals surface area contributed by atoms with Crippen LogP contribution in [0.1, 0.15) is 16.8 Å². The van der Waals surface area contributed by atoms with Gasteiger partial charge in [0, 0.05) is 39.1 Å². The number of ether oxygens (including phenoxy) is 2. The molecule has 0 spiro atoms. The van der Waals surface area contributed by atoms with Gasteiger partial charge in [-0.3, -0.25) is 14.2 Å². The highest BCUT2D eigenvalue weighted by Gasteiger charge is 2.23. The van der Waals surface area contributed by atoms with Gasteiger partial charge in [0.05, 0.1) is 36.4 Å². The van der Waals surface area contributed by atoms with E-state index in [1.165, 1.54) is 23.8 Å². The maximum absolute atomic E-state index is 13.0. The molecule has 2 heterocycles. The Kier molecular flexibility index (Phi) is 6.97. The van der Waals surface area contributed by atoms with Crippen LogP contribution in [0.4, 0.5) is 5.69 Å². The summed E-state index contributed by atoms with van der Waals surface area (Å²) in [6, 6.07) is 12.5. The first-order valence-electron chi connectivity index (χ1n) is 10.9. The number of hydrogen-bond donors (Lipinski definition) is 1. The molecule has 178 valence electrons. The van der Waals surface area contributed by atoms with Gasteiger partial charge < -0.3 is 24.3 Å². The lowest BCUT2D eigenvalue weighted by molar-refractivity contribution is -0.131. The molecule has 0 saturated carbocycles. The summed E-state index contributed by atoms with van der Waals surface area (Å²) in [6.45, 7) is 2.75. The number of benzene rings is 2. The van der Waals surface area contributed by atoms with Crippen LogP contribution < -0.4 is 15.2 Å². The lowest BCUT2D eigenvalue weighted by Crippen LogP contribution is -2.49. The summed E-state index contributed by atoms with van der Waals surface area (Å²) in [5.41, 5.74) is 1.48. The van der Waals surface area contributed by atoms with Crippen molar-refractivity contribution in [3.8, 4) is 5.75 Å². The van der Waals surface area contributed by atoms with Gasteiger partial charge in [0.1, 0.15) is 5.75 Å². The zero-order chi connectivity index (χ0) is 24.2. The fraction of sp³-hybridized carbons (Fsp3) is 0.333. The average molecular weight is 483 g/mol. The maximum Gasteiger partial charge on any atom is 0.337 e. The van der Waals surface area contributed by atoms with Crippen molar-refractivity contribution < 1.29 is 19.1 Å². The number of carbonyl (C=O) groups excluding carboxylic acids is 2. The van der Waals surface area contributed by atoms with E-state index in [9.17, 15) is 14.4 Å². The minimum atomic E-state index is -0.498. The van der Waals surface area contributed by atoms with Gasteiger partial charge in [-0.25, -0.2) is 4.79 Å². The second-order valence-corrected chi connectivity index (χ2v) is 8.32. The second-order valence-electron chi connectivity index (χ2n) is 7.93. The highest BCUT2D eigenvalue weighted by molar-refractivity contribution is 7.71. The Bertz CT molecular complexity index is 1340. The highest BCUT2D eigenvalue weighted by Crippen LogP contribution is 2.28. The quantitative estimate of drug-likeness (QED) is 0.426. The predicted molar refractivity (Wildman–Crippen MR) is 131 cm³/mol. The Morgan fingerprint density at radius 1 is 1.06 bits per heavy atom. The van der Waals surface area contributed by atoms with Gasteiger partial charge >= 0.3 is 5.97 Å². The van der Waals surface area contributed by atoms with Crippen molar-refractivity contribution in [3.05, 3.63) is 63.2 Å². The van der Waals surface area contributed by atoms with Gasteiger partial charge in [-0.05, 0) is 42.5 Å². The monoisotopic (exact) mass is 482 g/mol. The van der Waals surface area contributed by atoms with E-state index in [-0.39, 0.29) is 29.2 Å². The molecule has 4 rings (SSSR count). The van der Waals surface area contributed by atoms with E-state index in [2.05, 4.69) is 9.88 Å². The van der Waals surface area contributed by atoms with Crippen LogP contribution in [0.25, 0.3) is 10.9 Å². The number of H-pyrrole nitrogens is 1. The Labute approximate surface area is 201 Å². The first-order chi connectivity index (χ1) is 16.4. The number of esters is 1. The zero-order valence-corrected chi connectivity index (χ0v) is 19.9. The number of aromatic nitrogens is 2. The predicted octanol–water partition coefficient (Wildman–Crippen LogP) is 2.59. The number of fused-ring (bicyclic) bond motifs is 1. The number of methoxy groups -OCH3 is 2. The minimum Gasteiger partial charge on any atom is -0.495 e. The Morgan fingerprint density at radius 2 is 1.79 bits per heavy atom. The molecule has 3 aromatic rings. The standard InChI is InChI=1S/C24H26N4O5S/c1-32-20-6-4-3-5-19(20)26-11-13-27(14-12-26)21(29)9-10-28-22(30)17-8-7-16(23(31)33-2)15-18(17)25-24(28)34/h3-8,15H,9-14H2,1-2H3,(H,25,34). The van der Waals surface area contributed by atoms with Crippen molar-refractivity contribution in [3.63, 3.8) is 0 Å². The molecule has 0 radical (unpaired) electrons. The smallest absolute Gasteiger partial charge is 0.337 e. The normalized spacial score (nSPS) is 13.7. The highest BCUT2D eigenvalue weighted by atomic mass is 32.1. The van der Waals surface area contributed by atoms with Gasteiger partial charge in [0.15, 0.2) is 4.77 Å². The molecule has 1 aliphatic rings. The van der Waals surface area contributed by atoms with E-state index in [0.717, 1.165) is 11.4 Å². The number of carbonyl (C=O) groups is 2. The van der Waals surface area contributed by atoms with E-state index < -0.39 is 5.97 Å². The van der Waals surface area contributed by atoms with Crippen molar-refractivity contribution >= 4 is 40.7 Å². The van der Waals surface area contributed by atoms with Crippen molar-refractivity contribution in [2.75, 3.05) is 45.3 Å². The number of nitrogens with one attached hydrogen (secondary N) is 1. The molecular formula is C24H26N4O5S. The van der Waals surface area contributed by atoms with Crippen LogP contribution in [-0.2, 0) is 16.1 Å². The summed E-state index contributed by atoms with van der Waals surface area (Å²) in [4.78, 5) is 44.6. The number of rotatable bonds is 6. The molecule has 1 saturated heterocycles. The maximum atomic E-state index is 13.0. The van der Waals surface area contributed by atoms with Crippen molar-refractivity contribution in [2.24, 2.45) is 0 Å². The second kappa shape index (κ2) is 10.1. The molecule has 1 aliphatic heterocycles. The Morgan fingerprint density at radius 3 is 2.50 bits per heavy atom. The number of piperazine rings is 1. The summed E-state index contributed by atoms with van der Waals surface area (Å²) in [7, 11) is 2.94. The SMILES string of the molecule is COC(=O)c1ccc2c(=O)n(CCC(=O)N3CCN(c4ccccc4OC)CC3)c(=S)[nH]c2c1. The lowest BCUT2D eigenvalue weighted by atomic mass is 10.1. The largest absolute Gasteiger partial charge is 0.495 e. The van der Waals surface area contributed by atoms with Crippen LogP contribution in [-0.4, -0.2) is 66.7 Å². The van der Waals surface area contributed by atoms with Crippen LogP contribution in [0.5, 0.6) is 5.75 Å². The molecular weight excluding hydrogens is 456 g/mol. The van der Waals surface area contributed by atoms with E-state index >= 15 is 0 Å². The number of anilines is 1. The molecule has 10 heteroatoms. The number of aromatic amines is 1. The Balaban J connectivity index is 1.42. The topological polar surface area (TPSA) is 96.9 Å². The van der Waals surface area contributed by atoms with Crippen LogP contribution in [0.2, 0.25) is 0 Å². The summed E-state index contributed by atoms with van der Waals surface area (Å²) in [6.07, 6.45) is 0.164. The third-order valence-corrected chi connectivity index (χ3v) is 6.33. The zero-order valence-electron chi connectivity index (χ0n) is 19.1. The Hall–Kier alpha value is -3.66. The summed E-state index contributed by atoms with van der Waals surface area (Å²) in [5.74, 6) is 0.287. The number of para-hydroxylation sites is 2. The molecule has 0 aliphatic carbocycles. The first-order valence-corrected chi connectivity index (χ1v) is 11.3. The van der Waals surface area contributed by atoms with E-state index in [1.807, 2.05) is 29.2 Å². The number of amides is 1. The third kappa shape index (κ3) is 4.67. The molecule has 9 nitrogen and oxygen atoms in total. The molecule has 0 unspecified atom stereocenters. The summed E-state index contributed by atoms with van der Waals surface area (Å²) >= 11 is 5.35. The fourth-order valence-corrected chi connectivity index (χ4v) is 4.44. The molecule has 1 N–H and O–H groups in total. The molecule has 2 aromatic carbocycles. The number of hydrogen-bond acceptors (Lipinski definition) is 7. The van der Waals surface area contributed by atoms with Gasteiger partial charge in [-0.1, -0.05) is 12.1 Å². The molecule has 1 amide bonds. The molecule has 1 aromatic heterocycles. The van der Waals surface area contributed by atoms with Gasteiger partial charge in [0.2, 0.25) is 5.91 Å². The van der Waals surface area contributed by atoms with Crippen LogP contribution in [0.3, 0.4) is 0 Å². The van der Waals surface area contributed by atoms with Crippen molar-refractivity contribution in [1.29, 1.82) is 0 Å². The van der Waals surface area contributed by atoms with Crippen molar-refractivity contribution in [2.45, 2.75) is 13.0 Å². The van der Waals surface area contributed by atoms with E-state index in [1.54, 1.807) is 13.2 Å². The third-order valence-electron chi connectivity index (χ3n) is 6.01. The molecule has 34 heavy (non-hydrogen) atoms. The summed E-state index contributed by atoms with van der Waals surface area (Å²) in [5, 5.41) is 0.388. The summed E-state index contributed by atoms with van der Waals surface area (Å²) < 4.78 is 11.8. The van der Waals surface area contributed by atoms with E-state index in [4.69, 9.17) is 21.7 Å². The first kappa shape index (κ1) is 23.5. The molecule has 1 fully saturated rings.